The van der Waals surface area contributed by atoms with Crippen molar-refractivity contribution in [3.05, 3.63) is 54.6 Å². The lowest BCUT2D eigenvalue weighted by Gasteiger charge is -2.25. The molecule has 1 aliphatic rings. The predicted octanol–water partition coefficient (Wildman–Crippen LogP) is 1.77. The highest BCUT2D eigenvalue weighted by molar-refractivity contribution is 8.00. The van der Waals surface area contributed by atoms with Crippen molar-refractivity contribution in [1.29, 1.82) is 0 Å². The third-order valence-electron chi connectivity index (χ3n) is 3.24. The Morgan fingerprint density at radius 1 is 1.00 bits per heavy atom. The fourth-order valence-corrected chi connectivity index (χ4v) is 2.78. The summed E-state index contributed by atoms with van der Waals surface area (Å²) in [6.45, 7) is 0.0947. The van der Waals surface area contributed by atoms with Crippen molar-refractivity contribution >= 4 is 23.6 Å². The molecule has 0 spiro atoms. The number of carbonyl (C=O) groups is 2. The molecule has 1 heterocycles. The van der Waals surface area contributed by atoms with Gasteiger partial charge in [-0.1, -0.05) is 30.3 Å². The Labute approximate surface area is 143 Å². The molecule has 2 aromatic carbocycles. The quantitative estimate of drug-likeness (QED) is 0.653. The summed E-state index contributed by atoms with van der Waals surface area (Å²) in [5.41, 5.74) is 4.74. The van der Waals surface area contributed by atoms with Crippen molar-refractivity contribution < 1.29 is 19.1 Å². The van der Waals surface area contributed by atoms with Gasteiger partial charge >= 0.3 is 0 Å². The van der Waals surface area contributed by atoms with E-state index in [1.165, 1.54) is 11.8 Å². The molecular weight excluding hydrogens is 328 g/mol. The number of amides is 2. The van der Waals surface area contributed by atoms with E-state index in [1.807, 2.05) is 36.4 Å². The molecule has 1 aliphatic heterocycles. The van der Waals surface area contributed by atoms with Crippen LogP contribution in [0.4, 0.5) is 0 Å². The summed E-state index contributed by atoms with van der Waals surface area (Å²) < 4.78 is 11.0. The molecule has 1 unspecified atom stereocenters. The Morgan fingerprint density at radius 3 is 2.50 bits per heavy atom. The Balaban J connectivity index is 1.43. The Morgan fingerprint density at radius 2 is 1.71 bits per heavy atom. The standard InChI is InChI=1S/C17H16N2O4S/c20-16(11-24-12-6-2-1-3-7-12)18-19-17(21)15-10-22-13-8-4-5-9-14(13)23-15/h1-9,15H,10-11H2,(H,18,20)(H,19,21). The zero-order valence-corrected chi connectivity index (χ0v) is 13.5. The van der Waals surface area contributed by atoms with Gasteiger partial charge in [0.25, 0.3) is 5.91 Å². The van der Waals surface area contributed by atoms with E-state index >= 15 is 0 Å². The van der Waals surface area contributed by atoms with Crippen LogP contribution in [0.5, 0.6) is 11.5 Å². The SMILES string of the molecule is O=C(CSc1ccccc1)NNC(=O)C1COc2ccccc2O1. The van der Waals surface area contributed by atoms with Gasteiger partial charge in [0.1, 0.15) is 6.61 Å². The summed E-state index contributed by atoms with van der Waals surface area (Å²) >= 11 is 1.39. The van der Waals surface area contributed by atoms with Crippen molar-refractivity contribution in [1.82, 2.24) is 10.9 Å². The van der Waals surface area contributed by atoms with E-state index in [-0.39, 0.29) is 18.3 Å². The van der Waals surface area contributed by atoms with Crippen molar-refractivity contribution in [3.8, 4) is 11.5 Å². The highest BCUT2D eigenvalue weighted by Gasteiger charge is 2.27. The second-order valence-electron chi connectivity index (χ2n) is 5.00. The normalized spacial score (nSPS) is 15.4. The van der Waals surface area contributed by atoms with Crippen molar-refractivity contribution in [2.75, 3.05) is 12.4 Å². The molecule has 124 valence electrons. The van der Waals surface area contributed by atoms with Gasteiger partial charge in [-0.3, -0.25) is 20.4 Å². The minimum absolute atomic E-state index is 0.0947. The molecular formula is C17H16N2O4S. The number of fused-ring (bicyclic) bond motifs is 1. The number of hydrazine groups is 1. The van der Waals surface area contributed by atoms with Gasteiger partial charge in [0, 0.05) is 4.90 Å². The van der Waals surface area contributed by atoms with Crippen LogP contribution < -0.4 is 20.3 Å². The van der Waals surface area contributed by atoms with Crippen LogP contribution >= 0.6 is 11.8 Å². The van der Waals surface area contributed by atoms with Gasteiger partial charge in [-0.05, 0) is 24.3 Å². The van der Waals surface area contributed by atoms with Crippen molar-refractivity contribution in [3.63, 3.8) is 0 Å². The van der Waals surface area contributed by atoms with Crippen LogP contribution in [0.3, 0.4) is 0 Å². The summed E-state index contributed by atoms with van der Waals surface area (Å²) in [6.07, 6.45) is -0.804. The Bertz CT molecular complexity index is 724. The Hall–Kier alpha value is -2.67. The van der Waals surface area contributed by atoms with Crippen LogP contribution in [0.15, 0.2) is 59.5 Å². The number of nitrogens with one attached hydrogen (secondary N) is 2. The summed E-state index contributed by atoms with van der Waals surface area (Å²) in [5.74, 6) is 0.561. The average Bonchev–Trinajstić information content (AvgIpc) is 2.65. The molecule has 0 aliphatic carbocycles. The fraction of sp³-hybridized carbons (Fsp3) is 0.176. The number of carbonyl (C=O) groups excluding carboxylic acids is 2. The summed E-state index contributed by atoms with van der Waals surface area (Å²) in [7, 11) is 0. The highest BCUT2D eigenvalue weighted by Crippen LogP contribution is 2.30. The average molecular weight is 344 g/mol. The predicted molar refractivity (Wildman–Crippen MR) is 89.8 cm³/mol. The zero-order chi connectivity index (χ0) is 16.8. The Kier molecular flexibility index (Phi) is 5.22. The van der Waals surface area contributed by atoms with Gasteiger partial charge in [0.2, 0.25) is 12.0 Å². The van der Waals surface area contributed by atoms with E-state index in [9.17, 15) is 9.59 Å². The van der Waals surface area contributed by atoms with E-state index in [2.05, 4.69) is 10.9 Å². The molecule has 0 radical (unpaired) electrons. The molecule has 0 saturated carbocycles. The summed E-state index contributed by atoms with van der Waals surface area (Å²) in [6, 6.07) is 16.7. The third kappa shape index (κ3) is 4.20. The minimum atomic E-state index is -0.804. The van der Waals surface area contributed by atoms with E-state index in [0.29, 0.717) is 11.5 Å². The van der Waals surface area contributed by atoms with E-state index in [0.717, 1.165) is 4.90 Å². The van der Waals surface area contributed by atoms with Crippen LogP contribution in [0, 0.1) is 0 Å². The number of benzene rings is 2. The molecule has 6 nitrogen and oxygen atoms in total. The number of hydrogen-bond donors (Lipinski definition) is 2. The lowest BCUT2D eigenvalue weighted by molar-refractivity contribution is -0.134. The van der Waals surface area contributed by atoms with Gasteiger partial charge in [0.15, 0.2) is 11.5 Å². The molecule has 2 aromatic rings. The van der Waals surface area contributed by atoms with Gasteiger partial charge in [-0.15, -0.1) is 11.8 Å². The number of thioether (sulfide) groups is 1. The monoisotopic (exact) mass is 344 g/mol. The zero-order valence-electron chi connectivity index (χ0n) is 12.7. The van der Waals surface area contributed by atoms with E-state index < -0.39 is 12.0 Å². The molecule has 24 heavy (non-hydrogen) atoms. The number of rotatable bonds is 4. The van der Waals surface area contributed by atoms with E-state index in [1.54, 1.807) is 18.2 Å². The molecule has 3 rings (SSSR count). The number of ether oxygens (including phenoxy) is 2. The van der Waals surface area contributed by atoms with Crippen LogP contribution in [0.25, 0.3) is 0 Å². The van der Waals surface area contributed by atoms with Crippen LogP contribution in [-0.2, 0) is 9.59 Å². The topological polar surface area (TPSA) is 76.7 Å². The first kappa shape index (κ1) is 16.2. The van der Waals surface area contributed by atoms with Crippen LogP contribution in [0.1, 0.15) is 0 Å². The first-order valence-corrected chi connectivity index (χ1v) is 8.36. The van der Waals surface area contributed by atoms with Gasteiger partial charge < -0.3 is 9.47 Å². The largest absolute Gasteiger partial charge is 0.485 e. The van der Waals surface area contributed by atoms with E-state index in [4.69, 9.17) is 9.47 Å². The first-order chi connectivity index (χ1) is 11.7. The third-order valence-corrected chi connectivity index (χ3v) is 4.25. The minimum Gasteiger partial charge on any atom is -0.485 e. The van der Waals surface area contributed by atoms with Crippen molar-refractivity contribution in [2.45, 2.75) is 11.0 Å². The second-order valence-corrected chi connectivity index (χ2v) is 6.05. The molecule has 0 fully saturated rings. The molecule has 0 saturated heterocycles. The van der Waals surface area contributed by atoms with Crippen molar-refractivity contribution in [2.24, 2.45) is 0 Å². The molecule has 7 heteroatoms. The van der Waals surface area contributed by atoms with Crippen LogP contribution in [0.2, 0.25) is 0 Å². The lowest BCUT2D eigenvalue weighted by Crippen LogP contribution is -2.51. The summed E-state index contributed by atoms with van der Waals surface area (Å²) in [4.78, 5) is 24.8. The molecule has 1 atom stereocenters. The smallest absolute Gasteiger partial charge is 0.283 e. The molecule has 0 bridgehead atoms. The highest BCUT2D eigenvalue weighted by atomic mass is 32.2. The maximum absolute atomic E-state index is 12.0. The second kappa shape index (κ2) is 7.74. The molecule has 0 aromatic heterocycles. The lowest BCUT2D eigenvalue weighted by atomic mass is 10.2. The fourth-order valence-electron chi connectivity index (χ4n) is 2.06. The van der Waals surface area contributed by atoms with Gasteiger partial charge in [-0.25, -0.2) is 0 Å². The number of para-hydroxylation sites is 2. The van der Waals surface area contributed by atoms with Gasteiger partial charge in [0.05, 0.1) is 5.75 Å². The first-order valence-electron chi connectivity index (χ1n) is 7.37. The van der Waals surface area contributed by atoms with Crippen LogP contribution in [-0.4, -0.2) is 30.3 Å². The molecule has 2 amide bonds. The number of hydrogen-bond acceptors (Lipinski definition) is 5. The van der Waals surface area contributed by atoms with Gasteiger partial charge in [-0.2, -0.15) is 0 Å². The summed E-state index contributed by atoms with van der Waals surface area (Å²) in [5, 5.41) is 0. The maximum Gasteiger partial charge on any atom is 0.283 e. The maximum atomic E-state index is 12.0. The molecule has 2 N–H and O–H groups in total.